The summed E-state index contributed by atoms with van der Waals surface area (Å²) in [7, 11) is -2.94. The molecule has 9 heteroatoms. The molecule has 1 aromatic rings. The van der Waals surface area contributed by atoms with Gasteiger partial charge >= 0.3 is 12.1 Å². The van der Waals surface area contributed by atoms with Crippen LogP contribution in [0.4, 0.5) is 4.79 Å². The van der Waals surface area contributed by atoms with Crippen molar-refractivity contribution < 1.29 is 32.0 Å². The Morgan fingerprint density at radius 2 is 1.72 bits per heavy atom. The molecule has 0 saturated carbocycles. The van der Waals surface area contributed by atoms with Gasteiger partial charge in [-0.1, -0.05) is 17.7 Å². The number of ether oxygens (including phenoxy) is 1. The third kappa shape index (κ3) is 6.35. The molecule has 0 saturated heterocycles. The van der Waals surface area contributed by atoms with E-state index in [1.807, 2.05) is 0 Å². The Morgan fingerprint density at radius 1 is 1.20 bits per heavy atom. The van der Waals surface area contributed by atoms with Gasteiger partial charge in [-0.2, -0.15) is 8.42 Å². The number of carboxylic acids is 1. The van der Waals surface area contributed by atoms with E-state index in [9.17, 15) is 23.1 Å². The summed E-state index contributed by atoms with van der Waals surface area (Å²) < 4.78 is 34.2. The Morgan fingerprint density at radius 3 is 2.16 bits per heavy atom. The van der Waals surface area contributed by atoms with E-state index in [1.165, 1.54) is 19.2 Å². The number of carbonyl (C=O) groups is 2. The van der Waals surface area contributed by atoms with Crippen LogP contribution in [0.3, 0.4) is 0 Å². The van der Waals surface area contributed by atoms with Gasteiger partial charge in [0.15, 0.2) is 6.04 Å². The number of likely N-dealkylation sites (N-methyl/N-ethyl adjacent to an activating group) is 1. The van der Waals surface area contributed by atoms with Gasteiger partial charge in [0.05, 0.1) is 11.5 Å². The number of rotatable bonds is 6. The van der Waals surface area contributed by atoms with Crippen LogP contribution in [0.1, 0.15) is 26.3 Å². The summed E-state index contributed by atoms with van der Waals surface area (Å²) in [4.78, 5) is 24.1. The molecule has 8 nitrogen and oxygen atoms in total. The van der Waals surface area contributed by atoms with Gasteiger partial charge < -0.3 is 9.84 Å². The highest BCUT2D eigenvalue weighted by Crippen LogP contribution is 2.15. The van der Waals surface area contributed by atoms with Crippen LogP contribution in [-0.2, 0) is 23.8 Å². The molecule has 1 rings (SSSR count). The predicted molar refractivity (Wildman–Crippen MR) is 89.7 cm³/mol. The molecule has 0 radical (unpaired) electrons. The molecular formula is C16H23NO7S. The first kappa shape index (κ1) is 20.9. The van der Waals surface area contributed by atoms with Crippen LogP contribution in [0.5, 0.6) is 0 Å². The van der Waals surface area contributed by atoms with E-state index in [2.05, 4.69) is 0 Å². The van der Waals surface area contributed by atoms with Crippen molar-refractivity contribution in [1.82, 2.24) is 4.90 Å². The van der Waals surface area contributed by atoms with Crippen LogP contribution in [0.25, 0.3) is 0 Å². The highest BCUT2D eigenvalue weighted by molar-refractivity contribution is 7.86. The fourth-order valence-electron chi connectivity index (χ4n) is 1.74. The highest BCUT2D eigenvalue weighted by atomic mass is 32.2. The average molecular weight is 373 g/mol. The first-order chi connectivity index (χ1) is 11.3. The number of benzene rings is 1. The molecule has 0 aromatic heterocycles. The van der Waals surface area contributed by atoms with Crippen LogP contribution in [-0.4, -0.2) is 55.8 Å². The maximum absolute atomic E-state index is 12.1. The Balaban J connectivity index is 2.86. The van der Waals surface area contributed by atoms with Crippen molar-refractivity contribution in [1.29, 1.82) is 0 Å². The van der Waals surface area contributed by atoms with Crippen LogP contribution in [0, 0.1) is 6.92 Å². The lowest BCUT2D eigenvalue weighted by atomic mass is 10.2. The molecule has 0 unspecified atom stereocenters. The number of amides is 1. The third-order valence-corrected chi connectivity index (χ3v) is 4.42. The predicted octanol–water partition coefficient (Wildman–Crippen LogP) is 2.02. The molecule has 0 aliphatic carbocycles. The number of nitrogens with zero attached hydrogens (tertiary/aromatic N) is 1. The second kappa shape index (κ2) is 7.83. The van der Waals surface area contributed by atoms with Gasteiger partial charge in [0.1, 0.15) is 5.60 Å². The number of hydrogen-bond acceptors (Lipinski definition) is 6. The van der Waals surface area contributed by atoms with Gasteiger partial charge in [-0.05, 0) is 39.8 Å². The molecule has 1 amide bonds. The monoisotopic (exact) mass is 373 g/mol. The zero-order valence-corrected chi connectivity index (χ0v) is 15.7. The van der Waals surface area contributed by atoms with Gasteiger partial charge in [-0.15, -0.1) is 0 Å². The Kier molecular flexibility index (Phi) is 6.55. The minimum absolute atomic E-state index is 0.0952. The normalized spacial score (nSPS) is 13.2. The molecule has 1 atom stereocenters. The van der Waals surface area contributed by atoms with Crippen molar-refractivity contribution in [2.45, 2.75) is 44.2 Å². The lowest BCUT2D eigenvalue weighted by Crippen LogP contribution is -2.47. The molecule has 140 valence electrons. The SMILES string of the molecule is Cc1ccc(S(=O)(=O)OC[C@@H](C(=O)O)N(C)C(=O)OC(C)(C)C)cc1. The molecule has 0 heterocycles. The van der Waals surface area contributed by atoms with Gasteiger partial charge in [0.2, 0.25) is 0 Å². The Bertz CT molecular complexity index is 720. The highest BCUT2D eigenvalue weighted by Gasteiger charge is 2.32. The summed E-state index contributed by atoms with van der Waals surface area (Å²) in [5.74, 6) is -1.41. The standard InChI is InChI=1S/C16H23NO7S/c1-11-6-8-12(9-7-11)25(21,22)23-10-13(14(18)19)17(5)15(20)24-16(2,3)4/h6-9,13H,10H2,1-5H3,(H,18,19)/t13-/m0/s1. The fraction of sp³-hybridized carbons (Fsp3) is 0.500. The lowest BCUT2D eigenvalue weighted by Gasteiger charge is -2.28. The van der Waals surface area contributed by atoms with E-state index in [0.717, 1.165) is 10.5 Å². The topological polar surface area (TPSA) is 110 Å². The Labute approximate surface area is 147 Å². The van der Waals surface area contributed by atoms with Crippen molar-refractivity contribution in [3.05, 3.63) is 29.8 Å². The number of hydrogen-bond donors (Lipinski definition) is 1. The van der Waals surface area contributed by atoms with Gasteiger partial charge in [0.25, 0.3) is 10.1 Å². The van der Waals surface area contributed by atoms with Gasteiger partial charge in [-0.25, -0.2) is 9.59 Å². The number of aryl methyl sites for hydroxylation is 1. The van der Waals surface area contributed by atoms with E-state index >= 15 is 0 Å². The lowest BCUT2D eigenvalue weighted by molar-refractivity contribution is -0.143. The first-order valence-electron chi connectivity index (χ1n) is 7.48. The molecular weight excluding hydrogens is 350 g/mol. The van der Waals surface area contributed by atoms with Crippen LogP contribution >= 0.6 is 0 Å². The number of carbonyl (C=O) groups excluding carboxylic acids is 1. The minimum atomic E-state index is -4.14. The van der Waals surface area contributed by atoms with Crippen LogP contribution in [0.15, 0.2) is 29.2 Å². The molecule has 0 aliphatic rings. The number of carboxylic acid groups (broad SMARTS) is 1. The molecule has 0 aliphatic heterocycles. The van der Waals surface area contributed by atoms with Crippen LogP contribution < -0.4 is 0 Å². The molecule has 1 N–H and O–H groups in total. The van der Waals surface area contributed by atoms with Crippen molar-refractivity contribution in [2.75, 3.05) is 13.7 Å². The van der Waals surface area contributed by atoms with Crippen molar-refractivity contribution >= 4 is 22.2 Å². The summed E-state index contributed by atoms with van der Waals surface area (Å²) >= 11 is 0. The second-order valence-corrected chi connectivity index (χ2v) is 8.11. The maximum atomic E-state index is 12.1. The molecule has 0 fully saturated rings. The third-order valence-electron chi connectivity index (χ3n) is 3.12. The summed E-state index contributed by atoms with van der Waals surface area (Å²) in [5.41, 5.74) is 0.0514. The van der Waals surface area contributed by atoms with Crippen molar-refractivity contribution in [3.8, 4) is 0 Å². The summed E-state index contributed by atoms with van der Waals surface area (Å²) in [6.45, 7) is 5.96. The largest absolute Gasteiger partial charge is 0.480 e. The van der Waals surface area contributed by atoms with Crippen molar-refractivity contribution in [3.63, 3.8) is 0 Å². The van der Waals surface area contributed by atoms with E-state index in [1.54, 1.807) is 39.8 Å². The molecule has 1 aromatic carbocycles. The fourth-order valence-corrected chi connectivity index (χ4v) is 2.65. The van der Waals surface area contributed by atoms with E-state index in [-0.39, 0.29) is 4.90 Å². The van der Waals surface area contributed by atoms with E-state index in [4.69, 9.17) is 8.92 Å². The maximum Gasteiger partial charge on any atom is 0.410 e. The summed E-state index contributed by atoms with van der Waals surface area (Å²) in [6.07, 6.45) is -0.892. The van der Waals surface area contributed by atoms with Crippen molar-refractivity contribution in [2.24, 2.45) is 0 Å². The van der Waals surface area contributed by atoms with E-state index < -0.39 is 40.4 Å². The quantitative estimate of drug-likeness (QED) is 0.760. The average Bonchev–Trinajstić information content (AvgIpc) is 2.45. The first-order valence-corrected chi connectivity index (χ1v) is 8.89. The molecule has 0 bridgehead atoms. The summed E-state index contributed by atoms with van der Waals surface area (Å²) in [6, 6.07) is 4.39. The number of aliphatic carboxylic acids is 1. The van der Waals surface area contributed by atoms with Gasteiger partial charge in [0, 0.05) is 7.05 Å². The van der Waals surface area contributed by atoms with Crippen LogP contribution in [0.2, 0.25) is 0 Å². The minimum Gasteiger partial charge on any atom is -0.480 e. The molecule has 0 spiro atoms. The zero-order chi connectivity index (χ0) is 19.4. The zero-order valence-electron chi connectivity index (χ0n) is 14.8. The second-order valence-electron chi connectivity index (χ2n) is 6.50. The Hall–Kier alpha value is -2.13. The summed E-state index contributed by atoms with van der Waals surface area (Å²) in [5, 5.41) is 9.27. The van der Waals surface area contributed by atoms with E-state index in [0.29, 0.717) is 0 Å². The smallest absolute Gasteiger partial charge is 0.410 e. The van der Waals surface area contributed by atoms with Gasteiger partial charge in [-0.3, -0.25) is 9.08 Å². The molecule has 25 heavy (non-hydrogen) atoms.